The van der Waals surface area contributed by atoms with Crippen LogP contribution in [0.25, 0.3) is 0 Å². The molecule has 0 fully saturated rings. The summed E-state index contributed by atoms with van der Waals surface area (Å²) in [6.07, 6.45) is 12.3. The molecule has 3 nitrogen and oxygen atoms in total. The molecule has 0 saturated carbocycles. The van der Waals surface area contributed by atoms with Crippen LogP contribution in [0.1, 0.15) is 69.8 Å². The van der Waals surface area contributed by atoms with E-state index in [-0.39, 0.29) is 5.97 Å². The molecule has 4 aromatic rings. The maximum atomic E-state index is 12.1. The summed E-state index contributed by atoms with van der Waals surface area (Å²) in [6.45, 7) is 0. The molecule has 4 rings (SSSR count). The lowest BCUT2D eigenvalue weighted by Crippen LogP contribution is -2.33. The molecule has 0 bridgehead atoms. The fourth-order valence-electron chi connectivity index (χ4n) is 5.61. The summed E-state index contributed by atoms with van der Waals surface area (Å²) < 4.78 is 5.42. The van der Waals surface area contributed by atoms with E-state index in [1.165, 1.54) is 67.0 Å². The topological polar surface area (TPSA) is 52.3 Å². The fraction of sp³-hybridized carbons (Fsp3) is 0.297. The van der Waals surface area contributed by atoms with E-state index in [0.29, 0.717) is 17.2 Å². The Morgan fingerprint density at radius 3 is 1.40 bits per heavy atom. The molecular weight excluding hydrogens is 553 g/mol. The Labute approximate surface area is 257 Å². The minimum Gasteiger partial charge on any atom is -0.427 e. The monoisotopic (exact) mass is 596 g/mol. The number of esters is 1. The van der Waals surface area contributed by atoms with Crippen LogP contribution in [0.15, 0.2) is 115 Å². The number of hydrogen-bond donors (Lipinski definition) is 1. The van der Waals surface area contributed by atoms with Crippen LogP contribution in [0, 0.1) is 0 Å². The van der Waals surface area contributed by atoms with Gasteiger partial charge in [0.2, 0.25) is 0 Å². The predicted molar refractivity (Wildman–Crippen MR) is 184 cm³/mol. The number of carbonyl (C=O) groups excluding carboxylic acids is 1. The highest BCUT2D eigenvalue weighted by Crippen LogP contribution is 2.56. The minimum absolute atomic E-state index is 0.182. The van der Waals surface area contributed by atoms with Crippen molar-refractivity contribution in [2.24, 2.45) is 5.73 Å². The average Bonchev–Trinajstić information content (AvgIpc) is 3.03. The fourth-order valence-corrected chi connectivity index (χ4v) is 10.2. The molecular formula is C37H43NO2PS+. The number of thiocarbonyl (C=S) groups is 1. The molecule has 218 valence electrons. The number of ether oxygens (including phenoxy) is 1. The van der Waals surface area contributed by atoms with Crippen molar-refractivity contribution in [2.75, 3.05) is 6.16 Å². The van der Waals surface area contributed by atoms with Gasteiger partial charge < -0.3 is 10.5 Å². The first kappa shape index (κ1) is 31.6. The Kier molecular flexibility index (Phi) is 12.8. The van der Waals surface area contributed by atoms with E-state index in [1.54, 1.807) is 24.3 Å². The summed E-state index contributed by atoms with van der Waals surface area (Å²) in [5.74, 6) is 0.356. The zero-order valence-electron chi connectivity index (χ0n) is 24.5. The van der Waals surface area contributed by atoms with Gasteiger partial charge in [0.05, 0.1) is 6.16 Å². The Morgan fingerprint density at radius 1 is 0.571 bits per heavy atom. The van der Waals surface area contributed by atoms with Crippen molar-refractivity contribution >= 4 is 46.4 Å². The van der Waals surface area contributed by atoms with E-state index < -0.39 is 7.26 Å². The van der Waals surface area contributed by atoms with Crippen LogP contribution in [-0.2, 0) is 4.79 Å². The van der Waals surface area contributed by atoms with Crippen molar-refractivity contribution < 1.29 is 9.53 Å². The second-order valence-electron chi connectivity index (χ2n) is 10.8. The van der Waals surface area contributed by atoms with E-state index in [0.717, 1.165) is 18.4 Å². The molecule has 0 aromatic heterocycles. The number of benzene rings is 4. The van der Waals surface area contributed by atoms with Gasteiger partial charge in [0, 0.05) is 12.0 Å². The average molecular weight is 597 g/mol. The van der Waals surface area contributed by atoms with Gasteiger partial charge in [-0.05, 0) is 79.9 Å². The number of unbranched alkanes of at least 4 members (excludes halogenated alkanes) is 8. The first-order chi connectivity index (χ1) is 20.6. The van der Waals surface area contributed by atoms with Crippen LogP contribution in [0.5, 0.6) is 5.75 Å². The third kappa shape index (κ3) is 9.08. The van der Waals surface area contributed by atoms with Crippen LogP contribution in [0.3, 0.4) is 0 Å². The molecule has 0 atom stereocenters. The smallest absolute Gasteiger partial charge is 0.311 e. The first-order valence-electron chi connectivity index (χ1n) is 15.2. The molecule has 0 heterocycles. The molecule has 0 radical (unpaired) electrons. The molecule has 0 saturated heterocycles. The molecule has 42 heavy (non-hydrogen) atoms. The normalized spacial score (nSPS) is 11.2. The molecule has 0 aliphatic heterocycles. The SMILES string of the molecule is NC(=S)c1ccc(OC(=O)CCCCCCCCCCC[P+](c2ccccc2)(c2ccccc2)c2ccccc2)cc1. The summed E-state index contributed by atoms with van der Waals surface area (Å²) in [5, 5.41) is 4.42. The van der Waals surface area contributed by atoms with Crippen molar-refractivity contribution in [3.8, 4) is 5.75 Å². The molecule has 5 heteroatoms. The van der Waals surface area contributed by atoms with Crippen molar-refractivity contribution in [3.63, 3.8) is 0 Å². The minimum atomic E-state index is -1.71. The van der Waals surface area contributed by atoms with Crippen LogP contribution >= 0.6 is 19.5 Å². The summed E-state index contributed by atoms with van der Waals surface area (Å²) in [4.78, 5) is 12.5. The standard InChI is InChI=1S/C37H42NO2PS/c38-37(42)31-26-28-32(29-27-31)40-36(39)25-17-6-4-2-1-3-5-7-18-30-41(33-19-11-8-12-20-33,34-21-13-9-14-22-34)35-23-15-10-16-24-35/h8-16,19-24,26-29H,1-7,17-18,25,30H2,(H-,38,42)/p+1. The summed E-state index contributed by atoms with van der Waals surface area (Å²) in [5.41, 5.74) is 6.38. The van der Waals surface area contributed by atoms with Crippen LogP contribution in [-0.4, -0.2) is 17.1 Å². The second kappa shape index (κ2) is 16.9. The van der Waals surface area contributed by atoms with Crippen molar-refractivity contribution in [1.82, 2.24) is 0 Å². The number of rotatable bonds is 17. The zero-order valence-corrected chi connectivity index (χ0v) is 26.2. The lowest BCUT2D eigenvalue weighted by Gasteiger charge is -2.27. The lowest BCUT2D eigenvalue weighted by molar-refractivity contribution is -0.134. The third-order valence-electron chi connectivity index (χ3n) is 7.84. The van der Waals surface area contributed by atoms with E-state index in [4.69, 9.17) is 22.7 Å². The molecule has 0 spiro atoms. The highest BCUT2D eigenvalue weighted by molar-refractivity contribution is 7.95. The molecule has 0 amide bonds. The first-order valence-corrected chi connectivity index (χ1v) is 17.6. The van der Waals surface area contributed by atoms with Gasteiger partial charge in [-0.2, -0.15) is 0 Å². The van der Waals surface area contributed by atoms with Crippen LogP contribution in [0.2, 0.25) is 0 Å². The van der Waals surface area contributed by atoms with E-state index in [9.17, 15) is 4.79 Å². The van der Waals surface area contributed by atoms with E-state index in [2.05, 4.69) is 91.0 Å². The van der Waals surface area contributed by atoms with Gasteiger partial charge >= 0.3 is 5.97 Å². The van der Waals surface area contributed by atoms with Gasteiger partial charge in [-0.1, -0.05) is 105 Å². The highest BCUT2D eigenvalue weighted by Gasteiger charge is 2.44. The quantitative estimate of drug-likeness (QED) is 0.0440. The molecule has 0 unspecified atom stereocenters. The predicted octanol–water partition coefficient (Wildman–Crippen LogP) is 8.12. The van der Waals surface area contributed by atoms with Crippen molar-refractivity contribution in [1.29, 1.82) is 0 Å². The Bertz CT molecular complexity index is 1260. The van der Waals surface area contributed by atoms with Gasteiger partial charge in [0.15, 0.2) is 0 Å². The third-order valence-corrected chi connectivity index (χ3v) is 12.6. The summed E-state index contributed by atoms with van der Waals surface area (Å²) in [7, 11) is -1.71. The van der Waals surface area contributed by atoms with Crippen molar-refractivity contribution in [3.05, 3.63) is 121 Å². The maximum absolute atomic E-state index is 12.1. The Morgan fingerprint density at radius 2 is 0.976 bits per heavy atom. The van der Waals surface area contributed by atoms with Gasteiger partial charge in [-0.25, -0.2) is 0 Å². The van der Waals surface area contributed by atoms with Crippen LogP contribution in [0.4, 0.5) is 0 Å². The lowest BCUT2D eigenvalue weighted by atomic mass is 10.1. The Balaban J connectivity index is 1.17. The van der Waals surface area contributed by atoms with Gasteiger partial charge in [-0.3, -0.25) is 4.79 Å². The second-order valence-corrected chi connectivity index (χ2v) is 14.9. The van der Waals surface area contributed by atoms with Gasteiger partial charge in [0.25, 0.3) is 0 Å². The molecule has 2 N–H and O–H groups in total. The van der Waals surface area contributed by atoms with Gasteiger partial charge in [-0.15, -0.1) is 0 Å². The van der Waals surface area contributed by atoms with Crippen molar-refractivity contribution in [2.45, 2.75) is 64.2 Å². The molecule has 0 aliphatic carbocycles. The summed E-state index contributed by atoms with van der Waals surface area (Å²) in [6, 6.07) is 40.6. The number of hydrogen-bond acceptors (Lipinski definition) is 3. The van der Waals surface area contributed by atoms with E-state index >= 15 is 0 Å². The maximum Gasteiger partial charge on any atom is 0.311 e. The summed E-state index contributed by atoms with van der Waals surface area (Å²) >= 11 is 4.96. The van der Waals surface area contributed by atoms with E-state index in [1.807, 2.05) is 0 Å². The molecule has 0 aliphatic rings. The largest absolute Gasteiger partial charge is 0.427 e. The highest BCUT2D eigenvalue weighted by atomic mass is 32.1. The Hall–Kier alpha value is -3.33. The number of nitrogens with two attached hydrogens (primary N) is 1. The zero-order chi connectivity index (χ0) is 29.5. The molecule has 4 aromatic carbocycles. The number of carbonyl (C=O) groups is 1. The van der Waals surface area contributed by atoms with Gasteiger partial charge in [0.1, 0.15) is 33.9 Å². The van der Waals surface area contributed by atoms with Crippen LogP contribution < -0.4 is 26.4 Å².